The van der Waals surface area contributed by atoms with Gasteiger partial charge in [-0.2, -0.15) is 10.2 Å². The Hall–Kier alpha value is -2.10. The van der Waals surface area contributed by atoms with E-state index in [1.165, 1.54) is 10.7 Å². The first-order chi connectivity index (χ1) is 15.6. The maximum absolute atomic E-state index is 11.6. The van der Waals surface area contributed by atoms with Gasteiger partial charge in [0.1, 0.15) is 0 Å². The van der Waals surface area contributed by atoms with Crippen molar-refractivity contribution in [2.24, 2.45) is 0 Å². The van der Waals surface area contributed by atoms with Gasteiger partial charge in [-0.15, -0.1) is 0 Å². The van der Waals surface area contributed by atoms with Crippen LogP contribution in [0.25, 0.3) is 0 Å². The highest BCUT2D eigenvalue weighted by Crippen LogP contribution is 2.18. The van der Waals surface area contributed by atoms with Gasteiger partial charge < -0.3 is 19.9 Å². The van der Waals surface area contributed by atoms with Gasteiger partial charge in [0.05, 0.1) is 20.3 Å². The zero-order valence-corrected chi connectivity index (χ0v) is 22.8. The molecule has 180 valence electrons. The number of hydrogen-bond donors (Lipinski definition) is 2. The third-order valence-corrected chi connectivity index (χ3v) is 5.33. The number of rotatable bonds is 6. The Morgan fingerprint density at radius 2 is 1.48 bits per heavy atom. The van der Waals surface area contributed by atoms with Crippen molar-refractivity contribution in [3.8, 4) is 0 Å². The minimum absolute atomic E-state index is 0.00437. The lowest BCUT2D eigenvalue weighted by atomic mass is 10.1. The monoisotopic (exact) mass is 684 g/mol. The number of aldehydes is 1. The molecule has 0 aliphatic heterocycles. The molecular weight excluding hydrogens is 658 g/mol. The van der Waals surface area contributed by atoms with Crippen molar-refractivity contribution < 1.29 is 33.8 Å². The van der Waals surface area contributed by atoms with E-state index in [1.54, 1.807) is 6.92 Å². The van der Waals surface area contributed by atoms with Crippen molar-refractivity contribution in [2.45, 2.75) is 25.9 Å². The van der Waals surface area contributed by atoms with E-state index < -0.39 is 18.0 Å². The van der Waals surface area contributed by atoms with Gasteiger partial charge in [0.2, 0.25) is 6.29 Å². The summed E-state index contributed by atoms with van der Waals surface area (Å²) in [4.78, 5) is 29.8. The van der Waals surface area contributed by atoms with E-state index in [2.05, 4.69) is 60.1 Å². The molecule has 0 spiro atoms. The maximum Gasteiger partial charge on any atom is 0.396 e. The summed E-state index contributed by atoms with van der Waals surface area (Å²) in [6.45, 7) is 3.64. The summed E-state index contributed by atoms with van der Waals surface area (Å²) >= 11 is 4.42. The molecule has 2 atom stereocenters. The Labute approximate surface area is 220 Å². The van der Waals surface area contributed by atoms with Crippen LogP contribution in [0.5, 0.6) is 0 Å². The van der Waals surface area contributed by atoms with Crippen LogP contribution in [0.15, 0.2) is 48.5 Å². The van der Waals surface area contributed by atoms with Crippen molar-refractivity contribution in [2.75, 3.05) is 14.2 Å². The number of carbonyl (C=O) groups is 3. The van der Waals surface area contributed by atoms with E-state index in [1.807, 2.05) is 55.5 Å². The Kier molecular flexibility index (Phi) is 16.3. The molecule has 0 radical (unpaired) electrons. The molecule has 0 heterocycles. The number of nitrogens with zero attached hydrogens (tertiary/aromatic N) is 1. The largest absolute Gasteiger partial charge is 0.623 e. The summed E-state index contributed by atoms with van der Waals surface area (Å²) in [6.07, 6.45) is 1.02. The molecule has 11 heteroatoms. The molecular formula is C22H26I2N2O7. The van der Waals surface area contributed by atoms with Gasteiger partial charge in [-0.1, -0.05) is 24.3 Å². The van der Waals surface area contributed by atoms with Gasteiger partial charge in [0.15, 0.2) is 6.04 Å². The number of carbonyl (C=O) groups excluding carboxylic acids is 3. The van der Waals surface area contributed by atoms with Crippen molar-refractivity contribution in [3.05, 3.63) is 72.0 Å². The lowest BCUT2D eigenvalue weighted by Crippen LogP contribution is -2.17. The molecule has 9 nitrogen and oxygen atoms in total. The standard InChI is InChI=1S/C11H12INO3.C8H10INO.C3H4O3/c1-8(13(15)7-11(14)16-2)9-4-3-5-10(12)6-9;1-6(10-11)7-3-2-4-8(9)5-7;1-6-3(5)2-4/h3-8H,1-2H3;2-6,10-11H,1H3;2H,1H3/b13-7-;;. The minimum atomic E-state index is -0.838. The molecule has 2 aromatic carbocycles. The molecule has 0 aromatic heterocycles. The summed E-state index contributed by atoms with van der Waals surface area (Å²) in [5.41, 5.74) is 4.16. The highest BCUT2D eigenvalue weighted by Gasteiger charge is 2.14. The minimum Gasteiger partial charge on any atom is -0.623 e. The van der Waals surface area contributed by atoms with Gasteiger partial charge in [-0.25, -0.2) is 9.59 Å². The van der Waals surface area contributed by atoms with E-state index in [0.717, 1.165) is 28.0 Å². The van der Waals surface area contributed by atoms with E-state index in [4.69, 9.17) is 5.21 Å². The lowest BCUT2D eigenvalue weighted by Gasteiger charge is -2.12. The predicted octanol–water partition coefficient (Wildman–Crippen LogP) is 3.80. The molecule has 0 aliphatic rings. The fourth-order valence-corrected chi connectivity index (χ4v) is 3.21. The number of methoxy groups -OCH3 is 2. The zero-order chi connectivity index (χ0) is 25.4. The summed E-state index contributed by atoms with van der Waals surface area (Å²) in [5.74, 6) is -1.48. The number of halogens is 2. The van der Waals surface area contributed by atoms with Crippen molar-refractivity contribution >= 4 is 69.6 Å². The average molecular weight is 684 g/mol. The second-order valence-electron chi connectivity index (χ2n) is 6.29. The van der Waals surface area contributed by atoms with Gasteiger partial charge in [0, 0.05) is 19.6 Å². The number of benzene rings is 2. The molecule has 0 bridgehead atoms. The highest BCUT2D eigenvalue weighted by molar-refractivity contribution is 14.1. The van der Waals surface area contributed by atoms with Crippen LogP contribution in [0.4, 0.5) is 0 Å². The van der Waals surface area contributed by atoms with Crippen LogP contribution < -0.4 is 5.48 Å². The topological polar surface area (TPSA) is 128 Å². The summed E-state index contributed by atoms with van der Waals surface area (Å²) in [7, 11) is 2.39. The SMILES string of the molecule is CC(NO)c1cccc(I)c1.COC(=O)/C=[N+](\[O-])C(C)c1cccc(I)c1.COC(=O)C=O. The molecule has 0 saturated heterocycles. The third kappa shape index (κ3) is 13.3. The van der Waals surface area contributed by atoms with Crippen LogP contribution in [0, 0.1) is 12.3 Å². The molecule has 0 fully saturated rings. The average Bonchev–Trinajstić information content (AvgIpc) is 2.83. The number of hydrogen-bond acceptors (Lipinski definition) is 8. The molecule has 0 saturated carbocycles. The third-order valence-electron chi connectivity index (χ3n) is 3.99. The van der Waals surface area contributed by atoms with Crippen LogP contribution in [0.1, 0.15) is 37.1 Å². The summed E-state index contributed by atoms with van der Waals surface area (Å²) in [5, 5.41) is 20.2. The predicted molar refractivity (Wildman–Crippen MR) is 140 cm³/mol. The Bertz CT molecular complexity index is 938. The normalized spacial score (nSPS) is 12.0. The van der Waals surface area contributed by atoms with Crippen LogP contribution in [0.2, 0.25) is 0 Å². The van der Waals surface area contributed by atoms with Crippen LogP contribution in [0.3, 0.4) is 0 Å². The molecule has 0 amide bonds. The first-order valence-corrected chi connectivity index (χ1v) is 11.6. The lowest BCUT2D eigenvalue weighted by molar-refractivity contribution is -0.498. The summed E-state index contributed by atoms with van der Waals surface area (Å²) < 4.78 is 11.1. The number of hydroxylamine groups is 2. The van der Waals surface area contributed by atoms with E-state index in [0.29, 0.717) is 4.74 Å². The number of nitrogens with one attached hydrogen (secondary N) is 1. The van der Waals surface area contributed by atoms with Gasteiger partial charge in [-0.3, -0.25) is 4.79 Å². The second-order valence-corrected chi connectivity index (χ2v) is 8.78. The quantitative estimate of drug-likeness (QED) is 0.0689. The Morgan fingerprint density at radius 3 is 1.88 bits per heavy atom. The van der Waals surface area contributed by atoms with E-state index >= 15 is 0 Å². The summed E-state index contributed by atoms with van der Waals surface area (Å²) in [6, 6.07) is 15.2. The molecule has 0 aliphatic carbocycles. The number of esters is 2. The number of ether oxygens (including phenoxy) is 2. The second kappa shape index (κ2) is 17.4. The van der Waals surface area contributed by atoms with Crippen molar-refractivity contribution in [3.63, 3.8) is 0 Å². The van der Waals surface area contributed by atoms with Crippen molar-refractivity contribution in [1.82, 2.24) is 5.48 Å². The van der Waals surface area contributed by atoms with Gasteiger partial charge in [-0.05, 0) is 81.9 Å². The highest BCUT2D eigenvalue weighted by atomic mass is 127. The Morgan fingerprint density at radius 1 is 1.00 bits per heavy atom. The molecule has 2 unspecified atom stereocenters. The molecule has 2 rings (SSSR count). The van der Waals surface area contributed by atoms with E-state index in [-0.39, 0.29) is 12.3 Å². The smallest absolute Gasteiger partial charge is 0.396 e. The fourth-order valence-electron chi connectivity index (χ4n) is 2.08. The fraction of sp³-hybridized carbons (Fsp3) is 0.273. The van der Waals surface area contributed by atoms with E-state index in [9.17, 15) is 19.6 Å². The first kappa shape index (κ1) is 30.9. The maximum atomic E-state index is 11.6. The molecule has 2 aromatic rings. The van der Waals surface area contributed by atoms with Gasteiger partial charge >= 0.3 is 11.9 Å². The van der Waals surface area contributed by atoms with Gasteiger partial charge in [0.25, 0.3) is 6.21 Å². The van der Waals surface area contributed by atoms with Crippen LogP contribution in [-0.2, 0) is 23.9 Å². The van der Waals surface area contributed by atoms with Crippen LogP contribution >= 0.6 is 45.2 Å². The molecule has 33 heavy (non-hydrogen) atoms. The zero-order valence-electron chi connectivity index (χ0n) is 18.5. The van der Waals surface area contributed by atoms with Crippen LogP contribution in [-0.4, -0.2) is 48.6 Å². The van der Waals surface area contributed by atoms with Crippen molar-refractivity contribution in [1.29, 1.82) is 0 Å². The first-order valence-electron chi connectivity index (χ1n) is 9.41. The molecule has 2 N–H and O–H groups in total. The Balaban J connectivity index is 0.000000520.